The fraction of sp³-hybridized carbons (Fsp3) is 0.316. The van der Waals surface area contributed by atoms with E-state index < -0.39 is 10.0 Å². The number of anilines is 1. The van der Waals surface area contributed by atoms with E-state index in [2.05, 4.69) is 5.32 Å². The number of rotatable bonds is 5. The smallest absolute Gasteiger partial charge is 0.243 e. The summed E-state index contributed by atoms with van der Waals surface area (Å²) in [5.41, 5.74) is 1.30. The van der Waals surface area contributed by atoms with Gasteiger partial charge < -0.3 is 5.32 Å². The summed E-state index contributed by atoms with van der Waals surface area (Å²) in [5, 5.41) is 3.32. The number of carbonyl (C=O) groups is 1. The zero-order valence-electron chi connectivity index (χ0n) is 14.3. The van der Waals surface area contributed by atoms with Gasteiger partial charge in [0.15, 0.2) is 0 Å². The van der Waals surface area contributed by atoms with E-state index in [1.54, 1.807) is 24.3 Å². The Hall–Kier alpha value is -1.89. The Bertz CT molecular complexity index is 876. The lowest BCUT2D eigenvalue weighted by Gasteiger charge is -2.25. The second kappa shape index (κ2) is 8.20. The van der Waals surface area contributed by atoms with Crippen LogP contribution in [0.25, 0.3) is 0 Å². The third-order valence-electron chi connectivity index (χ3n) is 4.40. The summed E-state index contributed by atoms with van der Waals surface area (Å²) in [6, 6.07) is 13.5. The highest BCUT2D eigenvalue weighted by atomic mass is 35.5. The van der Waals surface area contributed by atoms with Crippen LogP contribution in [0.3, 0.4) is 0 Å². The van der Waals surface area contributed by atoms with Gasteiger partial charge in [-0.15, -0.1) is 0 Å². The minimum atomic E-state index is -3.46. The molecule has 1 aliphatic heterocycles. The van der Waals surface area contributed by atoms with Crippen molar-refractivity contribution in [3.05, 3.63) is 59.1 Å². The van der Waals surface area contributed by atoms with Crippen molar-refractivity contribution in [3.8, 4) is 0 Å². The summed E-state index contributed by atoms with van der Waals surface area (Å²) >= 11 is 6.06. The quantitative estimate of drug-likeness (QED) is 0.843. The number of halogens is 1. The van der Waals surface area contributed by atoms with Gasteiger partial charge in [0, 0.05) is 23.8 Å². The van der Waals surface area contributed by atoms with Gasteiger partial charge in [-0.3, -0.25) is 4.79 Å². The lowest BCUT2D eigenvalue weighted by atomic mass is 10.1. The number of piperidine rings is 1. The van der Waals surface area contributed by atoms with Crippen molar-refractivity contribution < 1.29 is 13.2 Å². The predicted octanol–water partition coefficient (Wildman–Crippen LogP) is 3.70. The first-order valence-corrected chi connectivity index (χ1v) is 10.4. The fourth-order valence-corrected chi connectivity index (χ4v) is 4.70. The normalized spacial score (nSPS) is 15.6. The SMILES string of the molecule is O=C(Cc1ccccc1Cl)Nc1ccc(S(=O)(=O)N2CCCCC2)cc1. The molecule has 0 spiro atoms. The molecule has 0 bridgehead atoms. The minimum Gasteiger partial charge on any atom is -0.326 e. The molecule has 7 heteroatoms. The highest BCUT2D eigenvalue weighted by Crippen LogP contribution is 2.22. The molecule has 1 saturated heterocycles. The molecule has 3 rings (SSSR count). The molecule has 0 radical (unpaired) electrons. The van der Waals surface area contributed by atoms with Crippen LogP contribution in [-0.2, 0) is 21.2 Å². The molecule has 0 aliphatic carbocycles. The molecule has 1 amide bonds. The molecule has 1 N–H and O–H groups in total. The Morgan fingerprint density at radius 1 is 1.00 bits per heavy atom. The standard InChI is InChI=1S/C19H21ClN2O3S/c20-18-7-3-2-6-15(18)14-19(23)21-16-8-10-17(11-9-16)26(24,25)22-12-4-1-5-13-22/h2-3,6-11H,1,4-5,12-14H2,(H,21,23). The minimum absolute atomic E-state index is 0.160. The Morgan fingerprint density at radius 2 is 1.65 bits per heavy atom. The lowest BCUT2D eigenvalue weighted by molar-refractivity contribution is -0.115. The number of benzene rings is 2. The molecular weight excluding hydrogens is 372 g/mol. The topological polar surface area (TPSA) is 66.5 Å². The Morgan fingerprint density at radius 3 is 2.31 bits per heavy atom. The third kappa shape index (κ3) is 4.44. The van der Waals surface area contributed by atoms with Gasteiger partial charge in [-0.05, 0) is 48.7 Å². The highest BCUT2D eigenvalue weighted by molar-refractivity contribution is 7.89. The first-order valence-electron chi connectivity index (χ1n) is 8.60. The highest BCUT2D eigenvalue weighted by Gasteiger charge is 2.25. The summed E-state index contributed by atoms with van der Waals surface area (Å²) in [6.45, 7) is 1.14. The molecular formula is C19H21ClN2O3S. The molecule has 1 aliphatic rings. The van der Waals surface area contributed by atoms with Crippen LogP contribution in [-0.4, -0.2) is 31.7 Å². The second-order valence-electron chi connectivity index (χ2n) is 6.31. The van der Waals surface area contributed by atoms with E-state index in [1.165, 1.54) is 16.4 Å². The number of hydrogen-bond acceptors (Lipinski definition) is 3. The summed E-state index contributed by atoms with van der Waals surface area (Å²) in [4.78, 5) is 12.4. The number of nitrogens with one attached hydrogen (secondary N) is 1. The first-order chi connectivity index (χ1) is 12.5. The van der Waals surface area contributed by atoms with Crippen molar-refractivity contribution in [2.45, 2.75) is 30.6 Å². The molecule has 0 aromatic heterocycles. The lowest BCUT2D eigenvalue weighted by Crippen LogP contribution is -2.35. The zero-order valence-corrected chi connectivity index (χ0v) is 15.9. The second-order valence-corrected chi connectivity index (χ2v) is 8.65. The van der Waals surface area contributed by atoms with Gasteiger partial charge >= 0.3 is 0 Å². The maximum Gasteiger partial charge on any atom is 0.243 e. The van der Waals surface area contributed by atoms with Crippen molar-refractivity contribution in [1.29, 1.82) is 0 Å². The molecule has 0 unspecified atom stereocenters. The van der Waals surface area contributed by atoms with Crippen molar-refractivity contribution >= 4 is 33.2 Å². The molecule has 5 nitrogen and oxygen atoms in total. The van der Waals surface area contributed by atoms with Gasteiger partial charge in [0.2, 0.25) is 15.9 Å². The van der Waals surface area contributed by atoms with Crippen LogP contribution in [0.5, 0.6) is 0 Å². The fourth-order valence-electron chi connectivity index (χ4n) is 2.98. The van der Waals surface area contributed by atoms with Crippen LogP contribution in [0.4, 0.5) is 5.69 Å². The summed E-state index contributed by atoms with van der Waals surface area (Å²) in [5.74, 6) is -0.204. The summed E-state index contributed by atoms with van der Waals surface area (Å²) in [6.07, 6.45) is 3.03. The summed E-state index contributed by atoms with van der Waals surface area (Å²) in [7, 11) is -3.46. The average Bonchev–Trinajstić information content (AvgIpc) is 2.65. The van der Waals surface area contributed by atoms with Crippen molar-refractivity contribution in [3.63, 3.8) is 0 Å². The molecule has 1 fully saturated rings. The van der Waals surface area contributed by atoms with E-state index in [0.29, 0.717) is 23.8 Å². The van der Waals surface area contributed by atoms with E-state index in [-0.39, 0.29) is 17.2 Å². The number of nitrogens with zero attached hydrogens (tertiary/aromatic N) is 1. The Balaban J connectivity index is 1.66. The van der Waals surface area contributed by atoms with Gasteiger partial charge in [0.05, 0.1) is 11.3 Å². The number of hydrogen-bond donors (Lipinski definition) is 1. The zero-order chi connectivity index (χ0) is 18.6. The van der Waals surface area contributed by atoms with E-state index in [4.69, 9.17) is 11.6 Å². The number of sulfonamides is 1. The predicted molar refractivity (Wildman–Crippen MR) is 103 cm³/mol. The van der Waals surface area contributed by atoms with Gasteiger partial charge in [-0.2, -0.15) is 4.31 Å². The van der Waals surface area contributed by atoms with Crippen molar-refractivity contribution in [2.24, 2.45) is 0 Å². The van der Waals surface area contributed by atoms with Crippen LogP contribution >= 0.6 is 11.6 Å². The average molecular weight is 393 g/mol. The van der Waals surface area contributed by atoms with Crippen LogP contribution in [0.2, 0.25) is 5.02 Å². The van der Waals surface area contributed by atoms with Gasteiger partial charge in [-0.25, -0.2) is 8.42 Å². The van der Waals surface area contributed by atoms with Gasteiger partial charge in [-0.1, -0.05) is 36.2 Å². The van der Waals surface area contributed by atoms with Gasteiger partial charge in [0.1, 0.15) is 0 Å². The maximum atomic E-state index is 12.6. The molecule has 1 heterocycles. The largest absolute Gasteiger partial charge is 0.326 e. The number of carbonyl (C=O) groups excluding carboxylic acids is 1. The molecule has 0 atom stereocenters. The number of amides is 1. The van der Waals surface area contributed by atoms with Crippen LogP contribution in [0, 0.1) is 0 Å². The molecule has 26 heavy (non-hydrogen) atoms. The van der Waals surface area contributed by atoms with E-state index in [0.717, 1.165) is 24.8 Å². The summed E-state index contributed by atoms with van der Waals surface area (Å²) < 4.78 is 26.8. The van der Waals surface area contributed by atoms with E-state index in [1.807, 2.05) is 12.1 Å². The molecule has 2 aromatic rings. The third-order valence-corrected chi connectivity index (χ3v) is 6.68. The van der Waals surface area contributed by atoms with Crippen molar-refractivity contribution in [2.75, 3.05) is 18.4 Å². The Kier molecular flexibility index (Phi) is 5.96. The molecule has 2 aromatic carbocycles. The maximum absolute atomic E-state index is 12.6. The van der Waals surface area contributed by atoms with E-state index >= 15 is 0 Å². The molecule has 0 saturated carbocycles. The van der Waals surface area contributed by atoms with Crippen LogP contribution in [0.1, 0.15) is 24.8 Å². The first kappa shape index (κ1) is 18.9. The van der Waals surface area contributed by atoms with Crippen molar-refractivity contribution in [1.82, 2.24) is 4.31 Å². The van der Waals surface area contributed by atoms with Crippen LogP contribution < -0.4 is 5.32 Å². The van der Waals surface area contributed by atoms with Crippen LogP contribution in [0.15, 0.2) is 53.4 Å². The molecule has 138 valence electrons. The Labute approximate surface area is 159 Å². The van der Waals surface area contributed by atoms with Gasteiger partial charge in [0.25, 0.3) is 0 Å². The van der Waals surface area contributed by atoms with E-state index in [9.17, 15) is 13.2 Å². The monoisotopic (exact) mass is 392 g/mol.